The molecule has 9 heteroatoms. The average molecular weight is 361 g/mol. The molecule has 0 aliphatic rings. The van der Waals surface area contributed by atoms with Crippen LogP contribution in [-0.4, -0.2) is 52.3 Å². The Morgan fingerprint density at radius 3 is 2.73 bits per heavy atom. The highest BCUT2D eigenvalue weighted by Gasteiger charge is 2.26. The SMILES string of the molecule is CC[C@H](C)[C@@H](NC(=O)Cn1nnc(-c2cccc(OC)c2)n1)C(=O)OC. The van der Waals surface area contributed by atoms with Crippen LogP contribution < -0.4 is 10.1 Å². The minimum atomic E-state index is -0.709. The van der Waals surface area contributed by atoms with Crippen molar-refractivity contribution in [2.75, 3.05) is 14.2 Å². The molecule has 1 aromatic carbocycles. The fourth-order valence-electron chi connectivity index (χ4n) is 2.33. The Kier molecular flexibility index (Phi) is 6.65. The average Bonchev–Trinajstić information content (AvgIpc) is 3.13. The van der Waals surface area contributed by atoms with Crippen LogP contribution in [0.3, 0.4) is 0 Å². The number of nitrogens with zero attached hydrogens (tertiary/aromatic N) is 4. The van der Waals surface area contributed by atoms with Crippen molar-refractivity contribution in [3.63, 3.8) is 0 Å². The standard InChI is InChI=1S/C17H23N5O4/c1-5-11(2)15(17(24)26-4)18-14(23)10-22-20-16(19-21-22)12-7-6-8-13(9-12)25-3/h6-9,11,15H,5,10H2,1-4H3,(H,18,23)/t11-,15+/m0/s1. The van der Waals surface area contributed by atoms with Gasteiger partial charge in [0.15, 0.2) is 0 Å². The fourth-order valence-corrected chi connectivity index (χ4v) is 2.33. The molecule has 9 nitrogen and oxygen atoms in total. The molecule has 1 N–H and O–H groups in total. The van der Waals surface area contributed by atoms with Crippen molar-refractivity contribution < 1.29 is 19.1 Å². The van der Waals surface area contributed by atoms with Crippen LogP contribution in [0.2, 0.25) is 0 Å². The molecule has 0 aliphatic heterocycles. The lowest BCUT2D eigenvalue weighted by Gasteiger charge is -2.21. The van der Waals surface area contributed by atoms with Crippen LogP contribution in [0, 0.1) is 5.92 Å². The summed E-state index contributed by atoms with van der Waals surface area (Å²) in [5, 5.41) is 14.7. The molecule has 0 bridgehead atoms. The third kappa shape index (κ3) is 4.78. The maximum Gasteiger partial charge on any atom is 0.328 e. The summed E-state index contributed by atoms with van der Waals surface area (Å²) < 4.78 is 9.92. The monoisotopic (exact) mass is 361 g/mol. The van der Waals surface area contributed by atoms with E-state index < -0.39 is 17.9 Å². The second-order valence-electron chi connectivity index (χ2n) is 5.83. The zero-order valence-corrected chi connectivity index (χ0v) is 15.3. The molecule has 1 heterocycles. The lowest BCUT2D eigenvalue weighted by molar-refractivity contribution is -0.146. The van der Waals surface area contributed by atoms with Gasteiger partial charge in [0.1, 0.15) is 18.3 Å². The third-order valence-electron chi connectivity index (χ3n) is 4.05. The predicted molar refractivity (Wildman–Crippen MR) is 93.2 cm³/mol. The Balaban J connectivity index is 2.05. The van der Waals surface area contributed by atoms with Crippen LogP contribution in [0.15, 0.2) is 24.3 Å². The van der Waals surface area contributed by atoms with Crippen LogP contribution in [0.5, 0.6) is 5.75 Å². The van der Waals surface area contributed by atoms with E-state index in [2.05, 4.69) is 20.7 Å². The number of amides is 1. The zero-order chi connectivity index (χ0) is 19.1. The molecule has 2 rings (SSSR count). The van der Waals surface area contributed by atoms with E-state index in [4.69, 9.17) is 9.47 Å². The molecule has 1 amide bonds. The number of hydrogen-bond acceptors (Lipinski definition) is 7. The van der Waals surface area contributed by atoms with Gasteiger partial charge >= 0.3 is 5.97 Å². The number of hydrogen-bond donors (Lipinski definition) is 1. The highest BCUT2D eigenvalue weighted by molar-refractivity contribution is 5.84. The van der Waals surface area contributed by atoms with Crippen molar-refractivity contribution in [2.24, 2.45) is 5.92 Å². The van der Waals surface area contributed by atoms with Gasteiger partial charge < -0.3 is 14.8 Å². The highest BCUT2D eigenvalue weighted by Crippen LogP contribution is 2.19. The van der Waals surface area contributed by atoms with Gasteiger partial charge in [-0.25, -0.2) is 4.79 Å². The zero-order valence-electron chi connectivity index (χ0n) is 15.3. The van der Waals surface area contributed by atoms with Crippen molar-refractivity contribution >= 4 is 11.9 Å². The molecule has 0 unspecified atom stereocenters. The van der Waals surface area contributed by atoms with Crippen LogP contribution in [0.25, 0.3) is 11.4 Å². The van der Waals surface area contributed by atoms with E-state index >= 15 is 0 Å². The van der Waals surface area contributed by atoms with Gasteiger partial charge in [-0.2, -0.15) is 4.80 Å². The normalized spacial score (nSPS) is 12.9. The lowest BCUT2D eigenvalue weighted by Crippen LogP contribution is -2.46. The number of benzene rings is 1. The number of carbonyl (C=O) groups excluding carboxylic acids is 2. The molecule has 140 valence electrons. The van der Waals surface area contributed by atoms with Gasteiger partial charge in [-0.1, -0.05) is 32.4 Å². The number of carbonyl (C=O) groups is 2. The Morgan fingerprint density at radius 2 is 2.08 bits per heavy atom. The first-order chi connectivity index (χ1) is 12.5. The molecule has 26 heavy (non-hydrogen) atoms. The smallest absolute Gasteiger partial charge is 0.328 e. The van der Waals surface area contributed by atoms with Crippen LogP contribution in [0.4, 0.5) is 0 Å². The molecule has 0 radical (unpaired) electrons. The summed E-state index contributed by atoms with van der Waals surface area (Å²) in [6, 6.07) is 6.51. The quantitative estimate of drug-likeness (QED) is 0.700. The fraction of sp³-hybridized carbons (Fsp3) is 0.471. The van der Waals surface area contributed by atoms with E-state index in [-0.39, 0.29) is 12.5 Å². The first-order valence-electron chi connectivity index (χ1n) is 8.27. The van der Waals surface area contributed by atoms with Crippen molar-refractivity contribution in [1.29, 1.82) is 0 Å². The minimum Gasteiger partial charge on any atom is -0.497 e. The Labute approximate surface area is 151 Å². The van der Waals surface area contributed by atoms with E-state index in [0.29, 0.717) is 11.6 Å². The van der Waals surface area contributed by atoms with Gasteiger partial charge in [-0.3, -0.25) is 4.79 Å². The maximum atomic E-state index is 12.2. The highest BCUT2D eigenvalue weighted by atomic mass is 16.5. The lowest BCUT2D eigenvalue weighted by atomic mass is 9.99. The molecule has 0 aliphatic carbocycles. The molecular weight excluding hydrogens is 338 g/mol. The summed E-state index contributed by atoms with van der Waals surface area (Å²) in [5.41, 5.74) is 0.725. The van der Waals surface area contributed by atoms with Crippen LogP contribution in [0.1, 0.15) is 20.3 Å². The Morgan fingerprint density at radius 1 is 1.31 bits per heavy atom. The molecule has 0 saturated carbocycles. The van der Waals surface area contributed by atoms with Gasteiger partial charge in [0, 0.05) is 5.56 Å². The molecule has 1 aromatic heterocycles. The predicted octanol–water partition coefficient (Wildman–Crippen LogP) is 1.05. The summed E-state index contributed by atoms with van der Waals surface area (Å²) in [5.74, 6) is 0.128. The van der Waals surface area contributed by atoms with Gasteiger partial charge in [0.05, 0.1) is 14.2 Å². The van der Waals surface area contributed by atoms with Gasteiger partial charge in [0.25, 0.3) is 0 Å². The molecule has 0 spiro atoms. The second kappa shape index (κ2) is 8.93. The summed E-state index contributed by atoms with van der Waals surface area (Å²) >= 11 is 0. The van der Waals surface area contributed by atoms with Gasteiger partial charge in [-0.05, 0) is 23.3 Å². The van der Waals surface area contributed by atoms with Gasteiger partial charge in [0.2, 0.25) is 11.7 Å². The number of esters is 1. The van der Waals surface area contributed by atoms with E-state index in [1.54, 1.807) is 13.2 Å². The van der Waals surface area contributed by atoms with E-state index in [1.807, 2.05) is 32.0 Å². The molecule has 2 aromatic rings. The number of tetrazole rings is 1. The first kappa shape index (κ1) is 19.4. The van der Waals surface area contributed by atoms with Crippen LogP contribution in [-0.2, 0) is 20.9 Å². The molecular formula is C17H23N5O4. The van der Waals surface area contributed by atoms with Gasteiger partial charge in [-0.15, -0.1) is 10.2 Å². The molecule has 0 saturated heterocycles. The first-order valence-corrected chi connectivity index (χ1v) is 8.27. The summed E-state index contributed by atoms with van der Waals surface area (Å²) in [7, 11) is 2.87. The third-order valence-corrected chi connectivity index (χ3v) is 4.05. The number of rotatable bonds is 8. The minimum absolute atomic E-state index is 0.0533. The summed E-state index contributed by atoms with van der Waals surface area (Å²) in [4.78, 5) is 25.3. The largest absolute Gasteiger partial charge is 0.497 e. The van der Waals surface area contributed by atoms with Crippen molar-refractivity contribution in [1.82, 2.24) is 25.5 Å². The maximum absolute atomic E-state index is 12.2. The molecule has 0 fully saturated rings. The van der Waals surface area contributed by atoms with Crippen molar-refractivity contribution in [3.8, 4) is 17.1 Å². The number of methoxy groups -OCH3 is 2. The molecule has 2 atom stereocenters. The number of nitrogens with one attached hydrogen (secondary N) is 1. The number of aromatic nitrogens is 4. The Bertz CT molecular complexity index is 761. The second-order valence-corrected chi connectivity index (χ2v) is 5.83. The summed E-state index contributed by atoms with van der Waals surface area (Å²) in [6.45, 7) is 3.66. The van der Waals surface area contributed by atoms with E-state index in [0.717, 1.165) is 12.0 Å². The topological polar surface area (TPSA) is 108 Å². The Hall–Kier alpha value is -2.97. The van der Waals surface area contributed by atoms with E-state index in [9.17, 15) is 9.59 Å². The van der Waals surface area contributed by atoms with Crippen molar-refractivity contribution in [2.45, 2.75) is 32.9 Å². The summed E-state index contributed by atoms with van der Waals surface area (Å²) in [6.07, 6.45) is 0.724. The van der Waals surface area contributed by atoms with Crippen LogP contribution >= 0.6 is 0 Å². The van der Waals surface area contributed by atoms with Crippen molar-refractivity contribution in [3.05, 3.63) is 24.3 Å². The van der Waals surface area contributed by atoms with E-state index in [1.165, 1.54) is 11.9 Å². The number of ether oxygens (including phenoxy) is 2.